The number of ether oxygens (including phenoxy) is 1. The summed E-state index contributed by atoms with van der Waals surface area (Å²) in [6.07, 6.45) is 9.54. The Kier molecular flexibility index (Phi) is 4.59. The number of aryl methyl sites for hydroxylation is 1. The maximum Gasteiger partial charge on any atom is 0.233 e. The Morgan fingerprint density at radius 3 is 3.08 bits per heavy atom. The first-order valence-corrected chi connectivity index (χ1v) is 8.61. The fraction of sp³-hybridized carbons (Fsp3) is 0.263. The van der Waals surface area contributed by atoms with Crippen molar-refractivity contribution in [2.24, 2.45) is 0 Å². The second kappa shape index (κ2) is 7.35. The molecule has 0 radical (unpaired) electrons. The van der Waals surface area contributed by atoms with Crippen molar-refractivity contribution in [2.45, 2.75) is 31.8 Å². The van der Waals surface area contributed by atoms with Gasteiger partial charge in [0.2, 0.25) is 5.91 Å². The van der Waals surface area contributed by atoms with E-state index in [4.69, 9.17) is 4.74 Å². The van der Waals surface area contributed by atoms with Gasteiger partial charge < -0.3 is 10.1 Å². The number of aromatic amines is 1. The van der Waals surface area contributed by atoms with E-state index in [1.54, 1.807) is 36.9 Å². The molecule has 2 N–H and O–H groups in total. The Hall–Kier alpha value is -3.22. The molecule has 4 rings (SSSR count). The smallest absolute Gasteiger partial charge is 0.233 e. The third kappa shape index (κ3) is 3.42. The molecule has 0 saturated carbocycles. The van der Waals surface area contributed by atoms with E-state index in [2.05, 4.69) is 25.5 Å². The Labute approximate surface area is 150 Å². The Bertz CT molecular complexity index is 894. The van der Waals surface area contributed by atoms with Crippen LogP contribution >= 0.6 is 0 Å². The fourth-order valence-electron chi connectivity index (χ4n) is 3.18. The predicted molar refractivity (Wildman–Crippen MR) is 95.7 cm³/mol. The zero-order valence-electron chi connectivity index (χ0n) is 14.2. The van der Waals surface area contributed by atoms with Crippen LogP contribution in [-0.2, 0) is 17.8 Å². The number of carbonyl (C=O) groups is 1. The molecule has 7 nitrogen and oxygen atoms in total. The second-order valence-corrected chi connectivity index (χ2v) is 6.24. The molecule has 0 fully saturated rings. The average molecular weight is 349 g/mol. The summed E-state index contributed by atoms with van der Waals surface area (Å²) < 4.78 is 5.83. The van der Waals surface area contributed by atoms with E-state index in [0.717, 1.165) is 36.1 Å². The van der Waals surface area contributed by atoms with E-state index >= 15 is 0 Å². The maximum atomic E-state index is 12.8. The van der Waals surface area contributed by atoms with Gasteiger partial charge in [-0.15, -0.1) is 0 Å². The number of fused-ring (bicyclic) bond motifs is 1. The van der Waals surface area contributed by atoms with E-state index in [1.807, 2.05) is 12.1 Å². The van der Waals surface area contributed by atoms with Gasteiger partial charge in [0.15, 0.2) is 11.6 Å². The minimum absolute atomic E-state index is 0.0859. The van der Waals surface area contributed by atoms with Crippen molar-refractivity contribution >= 4 is 11.7 Å². The Morgan fingerprint density at radius 1 is 1.27 bits per heavy atom. The number of nitrogens with one attached hydrogen (secondary N) is 2. The quantitative estimate of drug-likeness (QED) is 0.739. The third-order valence-corrected chi connectivity index (χ3v) is 4.49. The zero-order chi connectivity index (χ0) is 17.8. The molecule has 0 aliphatic heterocycles. The first-order valence-electron chi connectivity index (χ1n) is 8.61. The van der Waals surface area contributed by atoms with Gasteiger partial charge in [-0.05, 0) is 37.5 Å². The van der Waals surface area contributed by atoms with Crippen LogP contribution in [0.2, 0.25) is 0 Å². The van der Waals surface area contributed by atoms with E-state index in [0.29, 0.717) is 18.2 Å². The number of hydrogen-bond acceptors (Lipinski definition) is 5. The number of aromatic nitrogens is 4. The van der Waals surface area contributed by atoms with Crippen molar-refractivity contribution in [2.75, 3.05) is 5.32 Å². The van der Waals surface area contributed by atoms with Crippen molar-refractivity contribution in [3.05, 3.63) is 65.9 Å². The van der Waals surface area contributed by atoms with Crippen molar-refractivity contribution in [3.63, 3.8) is 0 Å². The SMILES string of the molecule is O=C(Nc1ncccc1OCc1cccnc1)C1CCCc2[nH]ncc21. The highest BCUT2D eigenvalue weighted by Crippen LogP contribution is 2.32. The van der Waals surface area contributed by atoms with E-state index in [-0.39, 0.29) is 11.8 Å². The highest BCUT2D eigenvalue weighted by atomic mass is 16.5. The minimum Gasteiger partial charge on any atom is -0.485 e. The summed E-state index contributed by atoms with van der Waals surface area (Å²) in [5.41, 5.74) is 2.97. The molecule has 1 atom stereocenters. The predicted octanol–water partition coefficient (Wildman–Crippen LogP) is 2.84. The lowest BCUT2D eigenvalue weighted by Gasteiger charge is -2.21. The molecule has 1 aliphatic carbocycles. The lowest BCUT2D eigenvalue weighted by atomic mass is 9.86. The van der Waals surface area contributed by atoms with Crippen LogP contribution in [0.4, 0.5) is 5.82 Å². The van der Waals surface area contributed by atoms with Crippen LogP contribution < -0.4 is 10.1 Å². The average Bonchev–Trinajstić information content (AvgIpc) is 3.17. The molecule has 3 aromatic heterocycles. The summed E-state index contributed by atoms with van der Waals surface area (Å²) in [4.78, 5) is 21.1. The molecule has 0 spiro atoms. The highest BCUT2D eigenvalue weighted by Gasteiger charge is 2.28. The molecule has 1 unspecified atom stereocenters. The first-order chi connectivity index (χ1) is 12.8. The van der Waals surface area contributed by atoms with Crippen LogP contribution in [0, 0.1) is 0 Å². The van der Waals surface area contributed by atoms with Crippen molar-refractivity contribution < 1.29 is 9.53 Å². The minimum atomic E-state index is -0.217. The standard InChI is InChI=1S/C19H19N5O2/c25-19(14-5-1-6-16-15(14)11-22-24-16)23-18-17(7-3-9-21-18)26-12-13-4-2-8-20-10-13/h2-4,7-11,14H,1,5-6,12H2,(H,22,24)(H,21,23,25). The number of hydrogen-bond donors (Lipinski definition) is 2. The number of rotatable bonds is 5. The summed E-state index contributed by atoms with van der Waals surface area (Å²) in [5, 5.41) is 9.97. The molecule has 132 valence electrons. The molecule has 3 heterocycles. The molecular formula is C19H19N5O2. The van der Waals surface area contributed by atoms with Gasteiger partial charge in [0.25, 0.3) is 0 Å². The summed E-state index contributed by atoms with van der Waals surface area (Å²) in [5.74, 6) is 0.660. The van der Waals surface area contributed by atoms with Crippen molar-refractivity contribution in [3.8, 4) is 5.75 Å². The number of pyridine rings is 2. The van der Waals surface area contributed by atoms with Gasteiger partial charge in [0.1, 0.15) is 6.61 Å². The van der Waals surface area contributed by atoms with E-state index in [9.17, 15) is 4.79 Å². The van der Waals surface area contributed by atoms with Crippen LogP contribution in [0.5, 0.6) is 5.75 Å². The van der Waals surface area contributed by atoms with Gasteiger partial charge >= 0.3 is 0 Å². The van der Waals surface area contributed by atoms with Crippen LogP contribution in [-0.4, -0.2) is 26.1 Å². The van der Waals surface area contributed by atoms with Crippen LogP contribution in [0.25, 0.3) is 0 Å². The number of carbonyl (C=O) groups excluding carboxylic acids is 1. The van der Waals surface area contributed by atoms with Gasteiger partial charge in [0.05, 0.1) is 12.1 Å². The normalized spacial score (nSPS) is 15.9. The van der Waals surface area contributed by atoms with Gasteiger partial charge in [-0.3, -0.25) is 14.9 Å². The molecule has 7 heteroatoms. The summed E-state index contributed by atoms with van der Waals surface area (Å²) in [6.45, 7) is 0.359. The van der Waals surface area contributed by atoms with Crippen LogP contribution in [0.3, 0.4) is 0 Å². The lowest BCUT2D eigenvalue weighted by Crippen LogP contribution is -2.25. The van der Waals surface area contributed by atoms with Crippen LogP contribution in [0.1, 0.15) is 35.6 Å². The van der Waals surface area contributed by atoms with Crippen LogP contribution in [0.15, 0.2) is 49.1 Å². The summed E-state index contributed by atoms with van der Waals surface area (Å²) in [7, 11) is 0. The lowest BCUT2D eigenvalue weighted by molar-refractivity contribution is -0.117. The molecule has 0 saturated heterocycles. The number of amides is 1. The Balaban J connectivity index is 1.48. The Morgan fingerprint density at radius 2 is 2.19 bits per heavy atom. The van der Waals surface area contributed by atoms with Crippen molar-refractivity contribution in [1.82, 2.24) is 20.2 Å². The van der Waals surface area contributed by atoms with Gasteiger partial charge in [0, 0.05) is 35.4 Å². The highest BCUT2D eigenvalue weighted by molar-refractivity contribution is 5.96. The zero-order valence-corrected chi connectivity index (χ0v) is 14.2. The molecular weight excluding hydrogens is 330 g/mol. The van der Waals surface area contributed by atoms with Gasteiger partial charge in [-0.25, -0.2) is 4.98 Å². The first kappa shape index (κ1) is 16.3. The number of anilines is 1. The molecule has 26 heavy (non-hydrogen) atoms. The van der Waals surface area contributed by atoms with E-state index in [1.165, 1.54) is 0 Å². The fourth-order valence-corrected chi connectivity index (χ4v) is 3.18. The molecule has 3 aromatic rings. The summed E-state index contributed by atoms with van der Waals surface area (Å²) in [6, 6.07) is 7.37. The van der Waals surface area contributed by atoms with Gasteiger partial charge in [-0.2, -0.15) is 5.10 Å². The molecule has 1 amide bonds. The molecule has 0 bridgehead atoms. The molecule has 0 aromatic carbocycles. The largest absolute Gasteiger partial charge is 0.485 e. The number of H-pyrrole nitrogens is 1. The van der Waals surface area contributed by atoms with Crippen molar-refractivity contribution in [1.29, 1.82) is 0 Å². The topological polar surface area (TPSA) is 92.8 Å². The molecule has 1 aliphatic rings. The summed E-state index contributed by atoms with van der Waals surface area (Å²) >= 11 is 0. The van der Waals surface area contributed by atoms with Gasteiger partial charge in [-0.1, -0.05) is 6.07 Å². The second-order valence-electron chi connectivity index (χ2n) is 6.24. The number of nitrogens with zero attached hydrogens (tertiary/aromatic N) is 3. The maximum absolute atomic E-state index is 12.8. The van der Waals surface area contributed by atoms with E-state index < -0.39 is 0 Å². The third-order valence-electron chi connectivity index (χ3n) is 4.49. The monoisotopic (exact) mass is 349 g/mol.